The van der Waals surface area contributed by atoms with Crippen molar-refractivity contribution in [1.29, 1.82) is 0 Å². The second kappa shape index (κ2) is 8.33. The largest absolute Gasteiger partial charge is 0.464 e. The van der Waals surface area contributed by atoms with Crippen LogP contribution >= 0.6 is 0 Å². The zero-order valence-electron chi connectivity index (χ0n) is 19.9. The van der Waals surface area contributed by atoms with Crippen molar-refractivity contribution in [2.75, 3.05) is 13.1 Å². The van der Waals surface area contributed by atoms with Gasteiger partial charge in [-0.1, -0.05) is 30.3 Å². The average molecular weight is 480 g/mol. The van der Waals surface area contributed by atoms with Gasteiger partial charge in [0, 0.05) is 36.5 Å². The number of likely N-dealkylation sites (tertiary alicyclic amines) is 1. The van der Waals surface area contributed by atoms with Crippen molar-refractivity contribution < 1.29 is 13.6 Å². The summed E-state index contributed by atoms with van der Waals surface area (Å²) in [5.41, 5.74) is 5.68. The minimum absolute atomic E-state index is 0.246. The number of amides is 1. The number of carbonyl (C=O) groups excluding carboxylic acids is 1. The molecule has 0 radical (unpaired) electrons. The molecule has 1 aliphatic heterocycles. The van der Waals surface area contributed by atoms with E-state index < -0.39 is 0 Å². The van der Waals surface area contributed by atoms with Crippen molar-refractivity contribution in [2.45, 2.75) is 25.8 Å². The Morgan fingerprint density at radius 2 is 1.75 bits per heavy atom. The number of nitrogens with zero attached hydrogens (tertiary/aromatic N) is 3. The Morgan fingerprint density at radius 1 is 0.944 bits per heavy atom. The highest BCUT2D eigenvalue weighted by molar-refractivity contribution is 5.85. The van der Waals surface area contributed by atoms with Gasteiger partial charge in [0.25, 0.3) is 0 Å². The molecule has 2 fully saturated rings. The zero-order valence-corrected chi connectivity index (χ0v) is 19.9. The van der Waals surface area contributed by atoms with Crippen molar-refractivity contribution in [3.63, 3.8) is 0 Å². The Morgan fingerprint density at radius 3 is 2.58 bits per heavy atom. The summed E-state index contributed by atoms with van der Waals surface area (Å²) in [5, 5.41) is 1.08. The van der Waals surface area contributed by atoms with Crippen LogP contribution < -0.4 is 0 Å². The third kappa shape index (κ3) is 3.77. The molecule has 180 valence electrons. The maximum atomic E-state index is 14.2. The second-order valence-corrected chi connectivity index (χ2v) is 10.1. The number of furan rings is 1. The second-order valence-electron chi connectivity index (χ2n) is 10.1. The van der Waals surface area contributed by atoms with Crippen LogP contribution in [0.25, 0.3) is 44.5 Å². The lowest BCUT2D eigenvalue weighted by molar-refractivity contribution is -0.131. The predicted octanol–water partition coefficient (Wildman–Crippen LogP) is 6.51. The molecule has 0 spiro atoms. The summed E-state index contributed by atoms with van der Waals surface area (Å²) < 4.78 is 21.8. The van der Waals surface area contributed by atoms with Gasteiger partial charge in [0.05, 0.1) is 17.3 Å². The van der Waals surface area contributed by atoms with E-state index in [0.29, 0.717) is 18.4 Å². The number of fused-ring (bicyclic) bond motifs is 2. The summed E-state index contributed by atoms with van der Waals surface area (Å²) >= 11 is 0. The number of hydrogen-bond acceptors (Lipinski definition) is 3. The van der Waals surface area contributed by atoms with Gasteiger partial charge in [-0.05, 0) is 72.7 Å². The standard InChI is InChI=1S/C30H26FN3O2/c31-25-8-9-26-27(16-25)34(18-19-11-13-33(17-19)30(35)22-5-6-22)29(32-26)21-3-1-20(2-4-21)23-7-10-28-24(15-23)12-14-36-28/h1-4,7-10,12,14-16,19,22H,5-6,11,13,17-18H2/t19-/m1/s1. The Kier molecular flexibility index (Phi) is 4.94. The van der Waals surface area contributed by atoms with Crippen LogP contribution in [0.5, 0.6) is 0 Å². The maximum absolute atomic E-state index is 14.2. The summed E-state index contributed by atoms with van der Waals surface area (Å²) in [5.74, 6) is 1.45. The summed E-state index contributed by atoms with van der Waals surface area (Å²) in [7, 11) is 0. The number of halogens is 1. The number of rotatable bonds is 5. The quantitative estimate of drug-likeness (QED) is 0.289. The fourth-order valence-electron chi connectivity index (χ4n) is 5.49. The Hall–Kier alpha value is -3.93. The first-order valence-corrected chi connectivity index (χ1v) is 12.6. The number of aromatic nitrogens is 2. The summed E-state index contributed by atoms with van der Waals surface area (Å²) in [4.78, 5) is 19.5. The summed E-state index contributed by atoms with van der Waals surface area (Å²) in [6.45, 7) is 2.29. The fraction of sp³-hybridized carbons (Fsp3) is 0.267. The van der Waals surface area contributed by atoms with Crippen LogP contribution in [0.4, 0.5) is 4.39 Å². The molecular weight excluding hydrogens is 453 g/mol. The molecule has 1 amide bonds. The lowest BCUT2D eigenvalue weighted by Crippen LogP contribution is -2.30. The highest BCUT2D eigenvalue weighted by Gasteiger charge is 2.36. The summed E-state index contributed by atoms with van der Waals surface area (Å²) in [6, 6.07) is 21.3. The van der Waals surface area contributed by atoms with Crippen LogP contribution in [0.15, 0.2) is 77.4 Å². The van der Waals surface area contributed by atoms with E-state index >= 15 is 0 Å². The highest BCUT2D eigenvalue weighted by atomic mass is 19.1. The van der Waals surface area contributed by atoms with E-state index in [1.165, 1.54) is 6.07 Å². The summed E-state index contributed by atoms with van der Waals surface area (Å²) in [6.07, 6.45) is 4.72. The molecule has 1 saturated carbocycles. The van der Waals surface area contributed by atoms with Crippen molar-refractivity contribution in [3.8, 4) is 22.5 Å². The first-order valence-electron chi connectivity index (χ1n) is 12.6. The molecule has 2 aliphatic rings. The van der Waals surface area contributed by atoms with Gasteiger partial charge in [0.1, 0.15) is 17.2 Å². The van der Waals surface area contributed by atoms with Crippen molar-refractivity contribution in [1.82, 2.24) is 14.5 Å². The molecule has 2 aromatic heterocycles. The van der Waals surface area contributed by atoms with Crippen LogP contribution in [0.1, 0.15) is 19.3 Å². The van der Waals surface area contributed by atoms with Crippen molar-refractivity contribution in [3.05, 3.63) is 78.8 Å². The first kappa shape index (κ1) is 21.4. The molecule has 3 heterocycles. The van der Waals surface area contributed by atoms with E-state index in [0.717, 1.165) is 76.9 Å². The van der Waals surface area contributed by atoms with E-state index in [1.807, 2.05) is 17.0 Å². The third-order valence-corrected chi connectivity index (χ3v) is 7.60. The molecule has 0 bridgehead atoms. The molecule has 1 saturated heterocycles. The number of benzene rings is 3. The Labute approximate surface area is 208 Å². The van der Waals surface area contributed by atoms with Gasteiger partial charge in [-0.25, -0.2) is 9.37 Å². The van der Waals surface area contributed by atoms with Crippen LogP contribution in [0.3, 0.4) is 0 Å². The first-order chi connectivity index (χ1) is 17.6. The monoisotopic (exact) mass is 479 g/mol. The third-order valence-electron chi connectivity index (χ3n) is 7.60. The number of hydrogen-bond donors (Lipinski definition) is 0. The van der Waals surface area contributed by atoms with E-state index in [9.17, 15) is 9.18 Å². The fourth-order valence-corrected chi connectivity index (χ4v) is 5.49. The normalized spacial score (nSPS) is 17.9. The van der Waals surface area contributed by atoms with Crippen LogP contribution in [0.2, 0.25) is 0 Å². The predicted molar refractivity (Wildman–Crippen MR) is 138 cm³/mol. The van der Waals surface area contributed by atoms with Crippen molar-refractivity contribution >= 4 is 27.9 Å². The van der Waals surface area contributed by atoms with Gasteiger partial charge in [-0.2, -0.15) is 0 Å². The SMILES string of the molecule is O=C(C1CC1)N1CC[C@@H](Cn2c(-c3ccc(-c4ccc5occc5c4)cc3)nc3ccc(F)cc32)C1. The van der Waals surface area contributed by atoms with Gasteiger partial charge in [0.15, 0.2) is 0 Å². The van der Waals surface area contributed by atoms with Gasteiger partial charge in [-0.15, -0.1) is 0 Å². The molecule has 0 unspecified atom stereocenters. The Bertz CT molecular complexity index is 1600. The molecule has 7 rings (SSSR count). The molecule has 5 aromatic rings. The van der Waals surface area contributed by atoms with Gasteiger partial charge < -0.3 is 13.9 Å². The Balaban J connectivity index is 1.21. The molecule has 1 aliphatic carbocycles. The van der Waals surface area contributed by atoms with Gasteiger partial charge in [-0.3, -0.25) is 4.79 Å². The van der Waals surface area contributed by atoms with Crippen LogP contribution in [-0.4, -0.2) is 33.4 Å². The highest BCUT2D eigenvalue weighted by Crippen LogP contribution is 2.34. The van der Waals surface area contributed by atoms with Crippen LogP contribution in [-0.2, 0) is 11.3 Å². The minimum Gasteiger partial charge on any atom is -0.464 e. The molecule has 36 heavy (non-hydrogen) atoms. The minimum atomic E-state index is -0.267. The lowest BCUT2D eigenvalue weighted by Gasteiger charge is -2.18. The molecule has 1 atom stereocenters. The van der Waals surface area contributed by atoms with Crippen LogP contribution in [0, 0.1) is 17.7 Å². The molecular formula is C30H26FN3O2. The number of carbonyl (C=O) groups is 1. The molecule has 3 aromatic carbocycles. The molecule has 6 heteroatoms. The molecule has 0 N–H and O–H groups in total. The van der Waals surface area contributed by atoms with E-state index in [2.05, 4.69) is 41.0 Å². The van der Waals surface area contributed by atoms with Crippen molar-refractivity contribution in [2.24, 2.45) is 11.8 Å². The average Bonchev–Trinajstić information content (AvgIpc) is 3.30. The molecule has 5 nitrogen and oxygen atoms in total. The van der Waals surface area contributed by atoms with Gasteiger partial charge >= 0.3 is 0 Å². The maximum Gasteiger partial charge on any atom is 0.225 e. The van der Waals surface area contributed by atoms with E-state index in [4.69, 9.17) is 9.40 Å². The zero-order chi connectivity index (χ0) is 24.2. The van der Waals surface area contributed by atoms with E-state index in [-0.39, 0.29) is 11.7 Å². The van der Waals surface area contributed by atoms with E-state index in [1.54, 1.807) is 18.4 Å². The van der Waals surface area contributed by atoms with Gasteiger partial charge in [0.2, 0.25) is 5.91 Å². The number of imidazole rings is 1. The smallest absolute Gasteiger partial charge is 0.225 e. The lowest BCUT2D eigenvalue weighted by atomic mass is 10.0. The topological polar surface area (TPSA) is 51.3 Å².